The number of nitrogens with zero attached hydrogens (tertiary/aromatic N) is 2. The molecule has 0 aromatic rings. The molecule has 0 aromatic carbocycles. The molecule has 24 heavy (non-hydrogen) atoms. The van der Waals surface area contributed by atoms with E-state index in [2.05, 4.69) is 43.0 Å². The Morgan fingerprint density at radius 3 is 1.42 bits per heavy atom. The summed E-state index contributed by atoms with van der Waals surface area (Å²) in [7, 11) is 0. The Morgan fingerprint density at radius 1 is 0.583 bits per heavy atom. The lowest BCUT2D eigenvalue weighted by atomic mass is 10.0. The van der Waals surface area contributed by atoms with Crippen molar-refractivity contribution in [3.05, 3.63) is 12.4 Å². The van der Waals surface area contributed by atoms with Gasteiger partial charge in [-0.1, -0.05) is 90.4 Å². The number of hydrogen-bond acceptors (Lipinski definition) is 2. The Labute approximate surface area is 152 Å². The lowest BCUT2D eigenvalue weighted by Gasteiger charge is -2.28. The number of rotatable bonds is 16. The largest absolute Gasteiger partial charge is 0.357 e. The highest BCUT2D eigenvalue weighted by molar-refractivity contribution is 4.94. The second kappa shape index (κ2) is 14.7. The maximum atomic E-state index is 2.49. The predicted octanol–water partition coefficient (Wildman–Crippen LogP) is 6.92. The van der Waals surface area contributed by atoms with E-state index in [-0.39, 0.29) is 0 Å². The third-order valence-corrected chi connectivity index (χ3v) is 5.54. The maximum Gasteiger partial charge on any atom is 0.0977 e. The standard InChI is InChI=1S/C22H44N2/c1-4-6-7-8-9-10-11-12-13-14-15-16-17-18-19-24-21-20-23(5-2)22(24)3/h20-22H,4-19H2,1-3H3. The lowest BCUT2D eigenvalue weighted by molar-refractivity contribution is 0.173. The van der Waals surface area contributed by atoms with Gasteiger partial charge in [0.2, 0.25) is 0 Å². The van der Waals surface area contributed by atoms with E-state index in [1.165, 1.54) is 96.4 Å². The van der Waals surface area contributed by atoms with E-state index in [0.29, 0.717) is 6.17 Å². The van der Waals surface area contributed by atoms with Crippen LogP contribution in [-0.2, 0) is 0 Å². The van der Waals surface area contributed by atoms with E-state index in [4.69, 9.17) is 0 Å². The quantitative estimate of drug-likeness (QED) is 0.282. The topological polar surface area (TPSA) is 6.48 Å². The zero-order valence-corrected chi connectivity index (χ0v) is 16.9. The molecule has 0 amide bonds. The van der Waals surface area contributed by atoms with Crippen LogP contribution in [0.4, 0.5) is 0 Å². The molecule has 0 saturated carbocycles. The number of hydrogen-bond donors (Lipinski definition) is 0. The van der Waals surface area contributed by atoms with Crippen molar-refractivity contribution < 1.29 is 0 Å². The van der Waals surface area contributed by atoms with Crippen molar-refractivity contribution in [1.29, 1.82) is 0 Å². The molecule has 0 aromatic heterocycles. The Morgan fingerprint density at radius 2 is 1.00 bits per heavy atom. The van der Waals surface area contributed by atoms with Crippen LogP contribution < -0.4 is 0 Å². The Bertz CT molecular complexity index is 300. The van der Waals surface area contributed by atoms with Gasteiger partial charge in [0.1, 0.15) is 0 Å². The predicted molar refractivity (Wildman–Crippen MR) is 108 cm³/mol. The van der Waals surface area contributed by atoms with Crippen LogP contribution in [-0.4, -0.2) is 29.1 Å². The molecular formula is C22H44N2. The van der Waals surface area contributed by atoms with Crippen LogP contribution in [0.1, 0.15) is 111 Å². The first-order chi connectivity index (χ1) is 11.8. The molecule has 0 saturated heterocycles. The highest BCUT2D eigenvalue weighted by Crippen LogP contribution is 2.17. The van der Waals surface area contributed by atoms with E-state index >= 15 is 0 Å². The Kier molecular flexibility index (Phi) is 13.1. The molecular weight excluding hydrogens is 292 g/mol. The maximum absolute atomic E-state index is 2.49. The summed E-state index contributed by atoms with van der Waals surface area (Å²) in [5, 5.41) is 0. The van der Waals surface area contributed by atoms with Crippen LogP contribution in [0.15, 0.2) is 12.4 Å². The molecule has 1 atom stereocenters. The molecule has 2 nitrogen and oxygen atoms in total. The summed E-state index contributed by atoms with van der Waals surface area (Å²) in [6, 6.07) is 0. The molecule has 0 spiro atoms. The molecule has 142 valence electrons. The number of unbranched alkanes of at least 4 members (excludes halogenated alkanes) is 13. The molecule has 1 rings (SSSR count). The van der Waals surface area contributed by atoms with Crippen LogP contribution in [0.3, 0.4) is 0 Å². The van der Waals surface area contributed by atoms with Gasteiger partial charge in [-0.25, -0.2) is 0 Å². The highest BCUT2D eigenvalue weighted by atomic mass is 15.4. The van der Waals surface area contributed by atoms with Crippen LogP contribution in [0.5, 0.6) is 0 Å². The van der Waals surface area contributed by atoms with Gasteiger partial charge in [0.25, 0.3) is 0 Å². The molecule has 0 radical (unpaired) electrons. The summed E-state index contributed by atoms with van der Waals surface area (Å²) in [6.45, 7) is 9.19. The summed E-state index contributed by atoms with van der Waals surface area (Å²) in [5.74, 6) is 0. The van der Waals surface area contributed by atoms with E-state index < -0.39 is 0 Å². The fraction of sp³-hybridized carbons (Fsp3) is 0.909. The van der Waals surface area contributed by atoms with Gasteiger partial charge in [-0.3, -0.25) is 0 Å². The normalized spacial score (nSPS) is 17.2. The van der Waals surface area contributed by atoms with Crippen LogP contribution in [0, 0.1) is 0 Å². The van der Waals surface area contributed by atoms with Crippen molar-refractivity contribution in [3.63, 3.8) is 0 Å². The summed E-state index contributed by atoms with van der Waals surface area (Å²) in [4.78, 5) is 4.90. The van der Waals surface area contributed by atoms with Crippen molar-refractivity contribution in [3.8, 4) is 0 Å². The van der Waals surface area contributed by atoms with Crippen molar-refractivity contribution in [2.75, 3.05) is 13.1 Å². The van der Waals surface area contributed by atoms with Gasteiger partial charge in [0.15, 0.2) is 0 Å². The van der Waals surface area contributed by atoms with E-state index in [0.717, 1.165) is 6.54 Å². The minimum atomic E-state index is 0.567. The van der Waals surface area contributed by atoms with Crippen molar-refractivity contribution in [2.45, 2.75) is 117 Å². The second-order valence-electron chi connectivity index (χ2n) is 7.59. The van der Waals surface area contributed by atoms with Crippen LogP contribution in [0.25, 0.3) is 0 Å². The molecule has 0 N–H and O–H groups in total. The van der Waals surface area contributed by atoms with Crippen molar-refractivity contribution >= 4 is 0 Å². The van der Waals surface area contributed by atoms with E-state index in [1.807, 2.05) is 0 Å². The fourth-order valence-electron chi connectivity index (χ4n) is 3.73. The molecule has 1 aliphatic heterocycles. The molecule has 0 fully saturated rings. The summed E-state index contributed by atoms with van der Waals surface area (Å²) in [6.07, 6.45) is 25.2. The van der Waals surface area contributed by atoms with Gasteiger partial charge in [0, 0.05) is 25.5 Å². The third-order valence-electron chi connectivity index (χ3n) is 5.54. The van der Waals surface area contributed by atoms with Crippen molar-refractivity contribution in [1.82, 2.24) is 9.80 Å². The zero-order chi connectivity index (χ0) is 17.5. The molecule has 1 unspecified atom stereocenters. The average molecular weight is 337 g/mol. The Hall–Kier alpha value is -0.660. The first-order valence-electron chi connectivity index (χ1n) is 11.0. The summed E-state index contributed by atoms with van der Waals surface area (Å²) in [5.41, 5.74) is 0. The van der Waals surface area contributed by atoms with Gasteiger partial charge in [-0.2, -0.15) is 0 Å². The first-order valence-corrected chi connectivity index (χ1v) is 11.0. The van der Waals surface area contributed by atoms with Crippen LogP contribution in [0.2, 0.25) is 0 Å². The van der Waals surface area contributed by atoms with Crippen molar-refractivity contribution in [2.24, 2.45) is 0 Å². The molecule has 0 aliphatic carbocycles. The summed E-state index contributed by atoms with van der Waals surface area (Å²) < 4.78 is 0. The molecule has 2 heteroatoms. The molecule has 0 bridgehead atoms. The molecule has 1 heterocycles. The first kappa shape index (κ1) is 21.4. The van der Waals surface area contributed by atoms with Gasteiger partial charge in [-0.05, 0) is 20.3 Å². The zero-order valence-electron chi connectivity index (χ0n) is 16.9. The smallest absolute Gasteiger partial charge is 0.0977 e. The van der Waals surface area contributed by atoms with Gasteiger partial charge < -0.3 is 9.80 Å². The van der Waals surface area contributed by atoms with E-state index in [1.54, 1.807) is 0 Å². The van der Waals surface area contributed by atoms with E-state index in [9.17, 15) is 0 Å². The lowest BCUT2D eigenvalue weighted by Crippen LogP contribution is -2.36. The minimum Gasteiger partial charge on any atom is -0.357 e. The Balaban J connectivity index is 1.77. The fourth-order valence-corrected chi connectivity index (χ4v) is 3.73. The average Bonchev–Trinajstić information content (AvgIpc) is 2.95. The highest BCUT2D eigenvalue weighted by Gasteiger charge is 2.19. The SMILES string of the molecule is CCCCCCCCCCCCCCCCN1C=CN(CC)C1C. The minimum absolute atomic E-state index is 0.567. The molecule has 1 aliphatic rings. The second-order valence-corrected chi connectivity index (χ2v) is 7.59. The third kappa shape index (κ3) is 9.59. The van der Waals surface area contributed by atoms with Gasteiger partial charge in [-0.15, -0.1) is 0 Å². The summed E-state index contributed by atoms with van der Waals surface area (Å²) >= 11 is 0. The monoisotopic (exact) mass is 336 g/mol. The van der Waals surface area contributed by atoms with Gasteiger partial charge >= 0.3 is 0 Å². The van der Waals surface area contributed by atoms with Gasteiger partial charge in [0.05, 0.1) is 6.17 Å². The van der Waals surface area contributed by atoms with Crippen LogP contribution >= 0.6 is 0 Å².